The maximum Gasteiger partial charge on any atom is 0.220 e. The van der Waals surface area contributed by atoms with Crippen LogP contribution in [0.4, 0.5) is 5.69 Å². The smallest absolute Gasteiger partial charge is 0.220 e. The molecule has 1 unspecified atom stereocenters. The molecule has 0 spiro atoms. The van der Waals surface area contributed by atoms with E-state index < -0.39 is 0 Å². The molecular weight excluding hydrogens is 432 g/mol. The van der Waals surface area contributed by atoms with Crippen molar-refractivity contribution >= 4 is 11.6 Å². The summed E-state index contributed by atoms with van der Waals surface area (Å²) in [5, 5.41) is 11.9. The average Bonchev–Trinajstić information content (AvgIpc) is 2.93. The Morgan fingerprint density at radius 2 is 1.60 bits per heavy atom. The quantitative estimate of drug-likeness (QED) is 0.412. The number of nitrogens with zero attached hydrogens (tertiary/aromatic N) is 3. The summed E-state index contributed by atoms with van der Waals surface area (Å²) in [6.07, 6.45) is 3.60. The first-order valence-corrected chi connectivity index (χ1v) is 12.6. The number of unbranched alkanes of at least 4 members (excludes halogenated alkanes) is 2. The molecular formula is C30H34N4O. The minimum atomic E-state index is 0.0907. The van der Waals surface area contributed by atoms with Crippen LogP contribution in [0, 0.1) is 11.3 Å². The highest BCUT2D eigenvalue weighted by Gasteiger charge is 2.27. The Labute approximate surface area is 209 Å². The van der Waals surface area contributed by atoms with Crippen molar-refractivity contribution in [2.75, 3.05) is 31.1 Å². The standard InChI is InChI=1S/C30H34N4O/c31-22-25-15-17-26(18-16-25)23-32-30(35)14-8-3-9-19-33-20-21-34(28-12-6-2-7-13-28)24-29(33)27-10-4-1-5-11-27/h1-2,4-7,10-13,15-18,29H,3,8-9,14,19-21,23-24H2,(H,32,35). The van der Waals surface area contributed by atoms with Gasteiger partial charge in [-0.3, -0.25) is 9.69 Å². The van der Waals surface area contributed by atoms with E-state index in [-0.39, 0.29) is 5.91 Å². The van der Waals surface area contributed by atoms with Crippen LogP contribution in [0.3, 0.4) is 0 Å². The molecule has 0 aromatic heterocycles. The second kappa shape index (κ2) is 12.7. The summed E-state index contributed by atoms with van der Waals surface area (Å²) in [5.41, 5.74) is 4.31. The van der Waals surface area contributed by atoms with Crippen LogP contribution >= 0.6 is 0 Å². The van der Waals surface area contributed by atoms with E-state index in [1.807, 2.05) is 12.1 Å². The van der Waals surface area contributed by atoms with E-state index in [0.29, 0.717) is 24.6 Å². The van der Waals surface area contributed by atoms with Crippen molar-refractivity contribution < 1.29 is 4.79 Å². The molecule has 1 N–H and O–H groups in total. The van der Waals surface area contributed by atoms with Gasteiger partial charge in [0.15, 0.2) is 0 Å². The molecule has 5 heteroatoms. The summed E-state index contributed by atoms with van der Waals surface area (Å²) in [6.45, 7) is 4.63. The van der Waals surface area contributed by atoms with Crippen LogP contribution in [0.25, 0.3) is 0 Å². The Kier molecular flexibility index (Phi) is 8.91. The zero-order chi connectivity index (χ0) is 24.3. The van der Waals surface area contributed by atoms with Gasteiger partial charge in [-0.1, -0.05) is 67.1 Å². The Balaban J connectivity index is 1.21. The first kappa shape index (κ1) is 24.5. The van der Waals surface area contributed by atoms with E-state index in [9.17, 15) is 4.79 Å². The molecule has 1 aliphatic heterocycles. The number of nitrogens with one attached hydrogen (secondary N) is 1. The number of benzene rings is 3. The number of rotatable bonds is 10. The molecule has 0 bridgehead atoms. The van der Waals surface area contributed by atoms with E-state index in [2.05, 4.69) is 81.8 Å². The maximum absolute atomic E-state index is 12.2. The molecule has 3 aromatic rings. The molecule has 4 rings (SSSR count). The minimum Gasteiger partial charge on any atom is -0.368 e. The van der Waals surface area contributed by atoms with Gasteiger partial charge < -0.3 is 10.2 Å². The zero-order valence-corrected chi connectivity index (χ0v) is 20.3. The lowest BCUT2D eigenvalue weighted by atomic mass is 10.0. The van der Waals surface area contributed by atoms with Gasteiger partial charge in [-0.15, -0.1) is 0 Å². The lowest BCUT2D eigenvalue weighted by Crippen LogP contribution is -2.48. The molecule has 180 valence electrons. The zero-order valence-electron chi connectivity index (χ0n) is 20.3. The van der Waals surface area contributed by atoms with Gasteiger partial charge >= 0.3 is 0 Å². The molecule has 3 aromatic carbocycles. The van der Waals surface area contributed by atoms with Crippen LogP contribution in [-0.2, 0) is 11.3 Å². The van der Waals surface area contributed by atoms with Gasteiger partial charge in [-0.25, -0.2) is 0 Å². The fraction of sp³-hybridized carbons (Fsp3) is 0.333. The van der Waals surface area contributed by atoms with Crippen LogP contribution in [0.1, 0.15) is 48.4 Å². The number of hydrogen-bond donors (Lipinski definition) is 1. The number of carbonyl (C=O) groups excluding carboxylic acids is 1. The minimum absolute atomic E-state index is 0.0907. The van der Waals surface area contributed by atoms with Gasteiger partial charge in [-0.05, 0) is 54.8 Å². The Bertz CT molecular complexity index is 1090. The second-order valence-corrected chi connectivity index (χ2v) is 9.14. The van der Waals surface area contributed by atoms with E-state index in [1.54, 1.807) is 12.1 Å². The van der Waals surface area contributed by atoms with E-state index in [0.717, 1.165) is 51.0 Å². The summed E-state index contributed by atoms with van der Waals surface area (Å²) in [7, 11) is 0. The fourth-order valence-electron chi connectivity index (χ4n) is 4.72. The number of piperazine rings is 1. The van der Waals surface area contributed by atoms with E-state index in [4.69, 9.17) is 5.26 Å². The summed E-state index contributed by atoms with van der Waals surface area (Å²) in [6, 6.07) is 31.3. The third-order valence-electron chi connectivity index (χ3n) is 6.72. The highest BCUT2D eigenvalue weighted by atomic mass is 16.1. The lowest BCUT2D eigenvalue weighted by molar-refractivity contribution is -0.121. The Hall–Kier alpha value is -3.62. The fourth-order valence-corrected chi connectivity index (χ4v) is 4.72. The average molecular weight is 467 g/mol. The first-order valence-electron chi connectivity index (χ1n) is 12.6. The molecule has 1 heterocycles. The number of anilines is 1. The predicted octanol–water partition coefficient (Wildman–Crippen LogP) is 5.30. The van der Waals surface area contributed by atoms with E-state index in [1.165, 1.54) is 11.3 Å². The maximum atomic E-state index is 12.2. The number of nitriles is 1. The Morgan fingerprint density at radius 3 is 2.31 bits per heavy atom. The van der Waals surface area contributed by atoms with Gasteiger partial charge in [0.2, 0.25) is 5.91 Å². The van der Waals surface area contributed by atoms with Crippen molar-refractivity contribution in [2.45, 2.75) is 38.3 Å². The monoisotopic (exact) mass is 466 g/mol. The number of para-hydroxylation sites is 1. The van der Waals surface area contributed by atoms with Crippen molar-refractivity contribution in [2.24, 2.45) is 0 Å². The molecule has 35 heavy (non-hydrogen) atoms. The third kappa shape index (κ3) is 7.18. The highest BCUT2D eigenvalue weighted by molar-refractivity contribution is 5.75. The molecule has 1 fully saturated rings. The van der Waals surface area contributed by atoms with Crippen molar-refractivity contribution in [1.29, 1.82) is 5.26 Å². The summed E-state index contributed by atoms with van der Waals surface area (Å²) < 4.78 is 0. The highest BCUT2D eigenvalue weighted by Crippen LogP contribution is 2.28. The third-order valence-corrected chi connectivity index (χ3v) is 6.72. The number of amides is 1. The van der Waals surface area contributed by atoms with Crippen LogP contribution in [-0.4, -0.2) is 37.0 Å². The molecule has 1 atom stereocenters. The molecule has 1 saturated heterocycles. The van der Waals surface area contributed by atoms with Crippen molar-refractivity contribution in [3.8, 4) is 6.07 Å². The Morgan fingerprint density at radius 1 is 0.886 bits per heavy atom. The second-order valence-electron chi connectivity index (χ2n) is 9.14. The van der Waals surface area contributed by atoms with Crippen molar-refractivity contribution in [1.82, 2.24) is 10.2 Å². The van der Waals surface area contributed by atoms with Gasteiger partial charge in [0.1, 0.15) is 0 Å². The SMILES string of the molecule is N#Cc1ccc(CNC(=O)CCCCCN2CCN(c3ccccc3)CC2c2ccccc2)cc1. The summed E-state index contributed by atoms with van der Waals surface area (Å²) in [4.78, 5) is 17.3. The van der Waals surface area contributed by atoms with Gasteiger partial charge in [0, 0.05) is 38.3 Å². The molecule has 0 saturated carbocycles. The van der Waals surface area contributed by atoms with E-state index >= 15 is 0 Å². The number of hydrogen-bond acceptors (Lipinski definition) is 4. The van der Waals surface area contributed by atoms with Crippen LogP contribution in [0.5, 0.6) is 0 Å². The lowest BCUT2D eigenvalue weighted by Gasteiger charge is -2.43. The van der Waals surface area contributed by atoms with Crippen molar-refractivity contribution in [3.63, 3.8) is 0 Å². The normalized spacial score (nSPS) is 16.0. The van der Waals surface area contributed by atoms with Gasteiger partial charge in [-0.2, -0.15) is 5.26 Å². The van der Waals surface area contributed by atoms with Crippen molar-refractivity contribution in [3.05, 3.63) is 102 Å². The van der Waals surface area contributed by atoms with Gasteiger partial charge in [0.05, 0.1) is 17.7 Å². The van der Waals surface area contributed by atoms with Crippen LogP contribution in [0.2, 0.25) is 0 Å². The predicted molar refractivity (Wildman–Crippen MR) is 141 cm³/mol. The van der Waals surface area contributed by atoms with Crippen LogP contribution in [0.15, 0.2) is 84.9 Å². The van der Waals surface area contributed by atoms with Gasteiger partial charge in [0.25, 0.3) is 0 Å². The van der Waals surface area contributed by atoms with Crippen LogP contribution < -0.4 is 10.2 Å². The first-order chi connectivity index (χ1) is 17.2. The number of carbonyl (C=O) groups is 1. The molecule has 1 aliphatic rings. The molecule has 0 aliphatic carbocycles. The summed E-state index contributed by atoms with van der Waals surface area (Å²) in [5.74, 6) is 0.0907. The molecule has 1 amide bonds. The molecule has 0 radical (unpaired) electrons. The molecule has 5 nitrogen and oxygen atoms in total. The summed E-state index contributed by atoms with van der Waals surface area (Å²) >= 11 is 0. The topological polar surface area (TPSA) is 59.4 Å². The largest absolute Gasteiger partial charge is 0.368 e.